The van der Waals surface area contributed by atoms with Crippen LogP contribution in [0.2, 0.25) is 0 Å². The normalized spacial score (nSPS) is 21.0. The van der Waals surface area contributed by atoms with Gasteiger partial charge in [0.2, 0.25) is 0 Å². The summed E-state index contributed by atoms with van der Waals surface area (Å²) in [6.45, 7) is 13.8. The van der Waals surface area contributed by atoms with Gasteiger partial charge in [-0.2, -0.15) is 0 Å². The summed E-state index contributed by atoms with van der Waals surface area (Å²) in [6, 6.07) is 10.2. The molecule has 5 nitrogen and oxygen atoms in total. The average molecular weight is 450 g/mol. The van der Waals surface area contributed by atoms with Crippen LogP contribution in [-0.2, 0) is 5.41 Å². The minimum atomic E-state index is -0.319. The largest absolute Gasteiger partial charge is 0.370 e. The van der Waals surface area contributed by atoms with Crippen LogP contribution in [0.25, 0.3) is 0 Å². The second-order valence-electron chi connectivity index (χ2n) is 10.5. The molecule has 6 heteroatoms. The number of aromatic nitrogens is 1. The maximum Gasteiger partial charge on any atom is 0.141 e. The van der Waals surface area contributed by atoms with Crippen molar-refractivity contribution in [3.05, 3.63) is 77.0 Å². The van der Waals surface area contributed by atoms with Crippen molar-refractivity contribution in [3.8, 4) is 0 Å². The van der Waals surface area contributed by atoms with Gasteiger partial charge in [-0.15, -0.1) is 0 Å². The van der Waals surface area contributed by atoms with Gasteiger partial charge in [0.1, 0.15) is 17.8 Å². The van der Waals surface area contributed by atoms with Crippen molar-refractivity contribution in [2.75, 3.05) is 16.8 Å². The van der Waals surface area contributed by atoms with Crippen molar-refractivity contribution in [1.29, 1.82) is 0 Å². The second kappa shape index (κ2) is 9.18. The number of pyridine rings is 1. The maximum atomic E-state index is 13.8. The van der Waals surface area contributed by atoms with Gasteiger partial charge in [0.25, 0.3) is 0 Å². The Kier molecular flexibility index (Phi) is 6.48. The first-order valence-corrected chi connectivity index (χ1v) is 11.8. The quantitative estimate of drug-likeness (QED) is 0.582. The molecule has 0 radical (unpaired) electrons. The van der Waals surface area contributed by atoms with Gasteiger partial charge in [0.05, 0.1) is 12.4 Å². The predicted molar refractivity (Wildman–Crippen MR) is 135 cm³/mol. The maximum absolute atomic E-state index is 13.8. The number of anilines is 2. The van der Waals surface area contributed by atoms with Crippen LogP contribution in [0.3, 0.4) is 0 Å². The summed E-state index contributed by atoms with van der Waals surface area (Å²) >= 11 is 0. The lowest BCUT2D eigenvalue weighted by Gasteiger charge is -2.34. The summed E-state index contributed by atoms with van der Waals surface area (Å²) in [7, 11) is 0. The van der Waals surface area contributed by atoms with Gasteiger partial charge < -0.3 is 15.5 Å². The number of hydrogen-bond acceptors (Lipinski definition) is 5. The van der Waals surface area contributed by atoms with Gasteiger partial charge in [-0.1, -0.05) is 46.8 Å². The molecule has 2 atom stereocenters. The molecular formula is C27H36FN5. The first-order valence-electron chi connectivity index (χ1n) is 11.8. The fourth-order valence-corrected chi connectivity index (χ4v) is 4.39. The molecule has 1 aromatic carbocycles. The number of aryl methyl sites for hydroxylation is 1. The van der Waals surface area contributed by atoms with E-state index in [1.54, 1.807) is 0 Å². The molecule has 176 valence electrons. The zero-order valence-corrected chi connectivity index (χ0v) is 20.5. The summed E-state index contributed by atoms with van der Waals surface area (Å²) in [4.78, 5) is 6.57. The molecule has 0 aliphatic carbocycles. The lowest BCUT2D eigenvalue weighted by Crippen LogP contribution is -2.50. The summed E-state index contributed by atoms with van der Waals surface area (Å²) in [5, 5.41) is 11.0. The molecule has 33 heavy (non-hydrogen) atoms. The highest BCUT2D eigenvalue weighted by Gasteiger charge is 2.29. The van der Waals surface area contributed by atoms with E-state index in [0.717, 1.165) is 35.7 Å². The second-order valence-corrected chi connectivity index (χ2v) is 10.5. The molecule has 0 saturated carbocycles. The lowest BCUT2D eigenvalue weighted by molar-refractivity contribution is 0.351. The standard InChI is InChI=1S/C27H36FN5/c1-17(2)25-29-15-19-14-24(31-22-9-7-20(8-10-22)27(4,5)6)33(12-11-23(19)32-25)26-18(3)13-21(28)16-30-26/h7-13,16-17,24-25,29,31-32H,14-15H2,1-6H3. The van der Waals surface area contributed by atoms with Gasteiger partial charge in [0, 0.05) is 30.5 Å². The Labute approximate surface area is 197 Å². The van der Waals surface area contributed by atoms with Crippen LogP contribution in [0.1, 0.15) is 52.2 Å². The van der Waals surface area contributed by atoms with E-state index in [4.69, 9.17) is 0 Å². The summed E-state index contributed by atoms with van der Waals surface area (Å²) in [6.07, 6.45) is 6.45. The topological polar surface area (TPSA) is 52.2 Å². The first-order chi connectivity index (χ1) is 15.6. The zero-order valence-electron chi connectivity index (χ0n) is 20.5. The molecule has 3 N–H and O–H groups in total. The molecule has 1 aromatic heterocycles. The molecule has 2 aliphatic rings. The molecule has 0 bridgehead atoms. The van der Waals surface area contributed by atoms with E-state index in [-0.39, 0.29) is 23.6 Å². The molecule has 0 amide bonds. The summed E-state index contributed by atoms with van der Waals surface area (Å²) in [5.41, 5.74) is 5.73. The summed E-state index contributed by atoms with van der Waals surface area (Å²) < 4.78 is 13.8. The van der Waals surface area contributed by atoms with Crippen molar-refractivity contribution < 1.29 is 4.39 Å². The zero-order chi connectivity index (χ0) is 23.8. The number of hydrogen-bond donors (Lipinski definition) is 3. The molecule has 2 aromatic rings. The minimum Gasteiger partial charge on any atom is -0.370 e. The van der Waals surface area contributed by atoms with Gasteiger partial charge >= 0.3 is 0 Å². The fourth-order valence-electron chi connectivity index (χ4n) is 4.39. The molecule has 0 spiro atoms. The number of allylic oxidation sites excluding steroid dienone is 1. The fraction of sp³-hybridized carbons (Fsp3) is 0.444. The van der Waals surface area contributed by atoms with Crippen molar-refractivity contribution in [2.24, 2.45) is 5.92 Å². The highest BCUT2D eigenvalue weighted by atomic mass is 19.1. The monoisotopic (exact) mass is 449 g/mol. The number of halogens is 1. The summed E-state index contributed by atoms with van der Waals surface area (Å²) in [5.74, 6) is 0.910. The Morgan fingerprint density at radius 3 is 2.55 bits per heavy atom. The Hall–Kier alpha value is -2.86. The lowest BCUT2D eigenvalue weighted by atomic mass is 9.87. The van der Waals surface area contributed by atoms with Crippen LogP contribution in [-0.4, -0.2) is 23.9 Å². The highest BCUT2D eigenvalue weighted by molar-refractivity contribution is 5.56. The molecule has 0 fully saturated rings. The van der Waals surface area contributed by atoms with E-state index in [2.05, 4.69) is 97.0 Å². The van der Waals surface area contributed by atoms with Crippen LogP contribution in [0, 0.1) is 18.7 Å². The first kappa shape index (κ1) is 23.3. The van der Waals surface area contributed by atoms with E-state index in [0.29, 0.717) is 5.92 Å². The van der Waals surface area contributed by atoms with Crippen LogP contribution >= 0.6 is 0 Å². The molecule has 3 heterocycles. The van der Waals surface area contributed by atoms with Gasteiger partial charge in [0.15, 0.2) is 0 Å². The Morgan fingerprint density at radius 1 is 1.18 bits per heavy atom. The third kappa shape index (κ3) is 5.22. The van der Waals surface area contributed by atoms with Crippen LogP contribution in [0.15, 0.2) is 60.1 Å². The third-order valence-electron chi connectivity index (χ3n) is 6.42. The van der Waals surface area contributed by atoms with E-state index >= 15 is 0 Å². The van der Waals surface area contributed by atoms with Crippen molar-refractivity contribution in [1.82, 2.24) is 15.6 Å². The number of benzene rings is 1. The van der Waals surface area contributed by atoms with Gasteiger partial charge in [-0.25, -0.2) is 9.37 Å². The average Bonchev–Trinajstić information content (AvgIpc) is 2.92. The Bertz CT molecular complexity index is 1050. The SMILES string of the molecule is Cc1cc(F)cnc1N1C=CC2=C(CNC(C(C)C)N2)CC1Nc1ccc(C(C)(C)C)cc1. The van der Waals surface area contributed by atoms with Crippen molar-refractivity contribution >= 4 is 11.5 Å². The number of nitrogens with one attached hydrogen (secondary N) is 3. The molecule has 2 unspecified atom stereocenters. The van der Waals surface area contributed by atoms with E-state index in [9.17, 15) is 4.39 Å². The van der Waals surface area contributed by atoms with Crippen molar-refractivity contribution in [3.63, 3.8) is 0 Å². The van der Waals surface area contributed by atoms with E-state index in [1.165, 1.54) is 23.4 Å². The predicted octanol–water partition coefficient (Wildman–Crippen LogP) is 5.42. The molecule has 4 rings (SSSR count). The van der Waals surface area contributed by atoms with Crippen LogP contribution in [0.5, 0.6) is 0 Å². The van der Waals surface area contributed by atoms with Gasteiger partial charge in [-0.3, -0.25) is 5.32 Å². The number of rotatable bonds is 4. The Morgan fingerprint density at radius 2 is 1.91 bits per heavy atom. The van der Waals surface area contributed by atoms with Crippen molar-refractivity contribution in [2.45, 2.75) is 65.7 Å². The van der Waals surface area contributed by atoms with Crippen LogP contribution in [0.4, 0.5) is 15.9 Å². The van der Waals surface area contributed by atoms with Crippen LogP contribution < -0.4 is 20.9 Å². The third-order valence-corrected chi connectivity index (χ3v) is 6.42. The Balaban J connectivity index is 1.67. The molecular weight excluding hydrogens is 413 g/mol. The number of nitrogens with zero attached hydrogens (tertiary/aromatic N) is 2. The minimum absolute atomic E-state index is 0.0647. The highest BCUT2D eigenvalue weighted by Crippen LogP contribution is 2.30. The van der Waals surface area contributed by atoms with E-state index in [1.807, 2.05) is 6.92 Å². The molecule has 0 saturated heterocycles. The smallest absolute Gasteiger partial charge is 0.141 e. The van der Waals surface area contributed by atoms with Gasteiger partial charge in [-0.05, 0) is 59.2 Å². The van der Waals surface area contributed by atoms with E-state index < -0.39 is 0 Å². The molecule has 2 aliphatic heterocycles.